The van der Waals surface area contributed by atoms with Crippen molar-refractivity contribution in [1.82, 2.24) is 19.7 Å². The van der Waals surface area contributed by atoms with E-state index >= 15 is 0 Å². The number of piperazine rings is 1. The molecule has 1 atom stereocenters. The highest BCUT2D eigenvalue weighted by atomic mass is 16.3. The van der Waals surface area contributed by atoms with Crippen molar-refractivity contribution in [3.8, 4) is 0 Å². The summed E-state index contributed by atoms with van der Waals surface area (Å²) in [6.07, 6.45) is 7.81. The summed E-state index contributed by atoms with van der Waals surface area (Å²) in [5.41, 5.74) is 1.79. The number of hydrogen-bond acceptors (Lipinski definition) is 6. The van der Waals surface area contributed by atoms with Gasteiger partial charge in [-0.1, -0.05) is 36.4 Å². The van der Waals surface area contributed by atoms with Crippen molar-refractivity contribution >= 4 is 5.91 Å². The van der Waals surface area contributed by atoms with E-state index in [0.717, 1.165) is 71.4 Å². The maximum atomic E-state index is 12.9. The number of piperidine rings is 1. The number of aliphatic hydroxyl groups is 1. The predicted molar refractivity (Wildman–Crippen MR) is 132 cm³/mol. The zero-order valence-electron chi connectivity index (χ0n) is 20.1. The monoisotopic (exact) mass is 466 g/mol. The maximum absolute atomic E-state index is 12.9. The van der Waals surface area contributed by atoms with Gasteiger partial charge in [0, 0.05) is 45.8 Å². The first-order chi connectivity index (χ1) is 16.6. The summed E-state index contributed by atoms with van der Waals surface area (Å²) in [6, 6.07) is 10.6. The minimum Gasteiger partial charge on any atom is -0.447 e. The van der Waals surface area contributed by atoms with Crippen LogP contribution in [0.3, 0.4) is 0 Å². The van der Waals surface area contributed by atoms with Crippen molar-refractivity contribution in [3.63, 3.8) is 0 Å². The summed E-state index contributed by atoms with van der Waals surface area (Å²) in [5, 5.41) is 10.1. The van der Waals surface area contributed by atoms with Crippen molar-refractivity contribution < 1.29 is 14.3 Å². The van der Waals surface area contributed by atoms with Crippen molar-refractivity contribution in [2.75, 3.05) is 45.8 Å². The van der Waals surface area contributed by atoms with Crippen LogP contribution < -0.4 is 0 Å². The molecule has 0 saturated carbocycles. The standard InChI is InChI=1S/C27H38N4O3/c1-2-3-9-24(32)19-29-14-16-30(17-15-29)20-26-28-25(21-34-26)27(33)31-12-10-23(11-13-31)18-22-7-5-4-6-8-22/h2,4-8,21,23-24,32H,1,3,9-20H2. The molecule has 0 spiro atoms. The fourth-order valence-corrected chi connectivity index (χ4v) is 4.95. The lowest BCUT2D eigenvalue weighted by Gasteiger charge is -2.35. The summed E-state index contributed by atoms with van der Waals surface area (Å²) in [7, 11) is 0. The molecule has 2 saturated heterocycles. The molecule has 4 rings (SSSR count). The van der Waals surface area contributed by atoms with E-state index in [1.807, 2.05) is 11.0 Å². The summed E-state index contributed by atoms with van der Waals surface area (Å²) < 4.78 is 5.65. The average molecular weight is 467 g/mol. The van der Waals surface area contributed by atoms with E-state index in [1.54, 1.807) is 0 Å². The highest BCUT2D eigenvalue weighted by Gasteiger charge is 2.26. The fraction of sp³-hybridized carbons (Fsp3) is 0.556. The first kappa shape index (κ1) is 24.6. The molecule has 2 fully saturated rings. The molecule has 1 aromatic heterocycles. The van der Waals surface area contributed by atoms with Crippen LogP contribution in [0, 0.1) is 5.92 Å². The SMILES string of the molecule is C=CCCC(O)CN1CCN(Cc2nc(C(=O)N3CCC(Cc4ccccc4)CC3)co2)CC1. The second-order valence-electron chi connectivity index (χ2n) is 9.65. The quantitative estimate of drug-likeness (QED) is 0.542. The Balaban J connectivity index is 1.19. The van der Waals surface area contributed by atoms with Crippen LogP contribution in [0.2, 0.25) is 0 Å². The number of likely N-dealkylation sites (tertiary alicyclic amines) is 1. The van der Waals surface area contributed by atoms with Crippen LogP contribution in [0.5, 0.6) is 0 Å². The van der Waals surface area contributed by atoms with Gasteiger partial charge in [0.2, 0.25) is 5.89 Å². The molecule has 1 aromatic carbocycles. The number of amides is 1. The summed E-state index contributed by atoms with van der Waals surface area (Å²) in [5.74, 6) is 1.20. The molecule has 34 heavy (non-hydrogen) atoms. The third-order valence-electron chi connectivity index (χ3n) is 7.04. The predicted octanol–water partition coefficient (Wildman–Crippen LogP) is 3.21. The van der Waals surface area contributed by atoms with Gasteiger partial charge in [-0.15, -0.1) is 6.58 Å². The van der Waals surface area contributed by atoms with Crippen molar-refractivity contribution in [3.05, 3.63) is 66.4 Å². The first-order valence-electron chi connectivity index (χ1n) is 12.6. The van der Waals surface area contributed by atoms with Crippen LogP contribution in [-0.2, 0) is 13.0 Å². The van der Waals surface area contributed by atoms with Gasteiger partial charge in [0.1, 0.15) is 6.26 Å². The third kappa shape index (κ3) is 7.01. The molecule has 2 aromatic rings. The topological polar surface area (TPSA) is 73.1 Å². The van der Waals surface area contributed by atoms with Crippen LogP contribution in [0.15, 0.2) is 53.7 Å². The number of aromatic nitrogens is 1. The fourth-order valence-electron chi connectivity index (χ4n) is 4.95. The number of carbonyl (C=O) groups excluding carboxylic acids is 1. The van der Waals surface area contributed by atoms with Gasteiger partial charge in [-0.25, -0.2) is 4.98 Å². The van der Waals surface area contributed by atoms with E-state index in [2.05, 4.69) is 51.7 Å². The number of carbonyl (C=O) groups is 1. The van der Waals surface area contributed by atoms with Gasteiger partial charge in [0.25, 0.3) is 5.91 Å². The van der Waals surface area contributed by atoms with E-state index in [9.17, 15) is 9.90 Å². The molecular formula is C27H38N4O3. The summed E-state index contributed by atoms with van der Waals surface area (Å²) >= 11 is 0. The summed E-state index contributed by atoms with van der Waals surface area (Å²) in [6.45, 7) is 10.2. The number of nitrogens with zero attached hydrogens (tertiary/aromatic N) is 4. The molecule has 2 aliphatic heterocycles. The van der Waals surface area contributed by atoms with Crippen LogP contribution in [0.1, 0.15) is 47.6 Å². The minimum absolute atomic E-state index is 0.0218. The van der Waals surface area contributed by atoms with E-state index in [0.29, 0.717) is 30.6 Å². The zero-order valence-corrected chi connectivity index (χ0v) is 20.1. The number of β-amino-alcohol motifs (C(OH)–C–C–N with tert-alkyl or cyclic N) is 1. The molecule has 1 amide bonds. The molecule has 0 aliphatic carbocycles. The number of hydrogen-bond donors (Lipinski definition) is 1. The van der Waals surface area contributed by atoms with Gasteiger partial charge in [-0.2, -0.15) is 0 Å². The van der Waals surface area contributed by atoms with Crippen LogP contribution in [0.25, 0.3) is 0 Å². The van der Waals surface area contributed by atoms with Gasteiger partial charge in [0.15, 0.2) is 5.69 Å². The normalized spacial score (nSPS) is 19.3. The van der Waals surface area contributed by atoms with Gasteiger partial charge >= 0.3 is 0 Å². The third-order valence-corrected chi connectivity index (χ3v) is 7.04. The highest BCUT2D eigenvalue weighted by Crippen LogP contribution is 2.23. The molecule has 1 unspecified atom stereocenters. The van der Waals surface area contributed by atoms with Gasteiger partial charge in [-0.3, -0.25) is 14.6 Å². The number of oxazole rings is 1. The number of benzene rings is 1. The molecule has 3 heterocycles. The van der Waals surface area contributed by atoms with Gasteiger partial charge in [-0.05, 0) is 43.6 Å². The average Bonchev–Trinajstić information content (AvgIpc) is 3.33. The molecule has 7 nitrogen and oxygen atoms in total. The molecule has 184 valence electrons. The lowest BCUT2D eigenvalue weighted by Crippen LogP contribution is -2.48. The zero-order chi connectivity index (χ0) is 23.8. The molecule has 0 bridgehead atoms. The Morgan fingerprint density at radius 1 is 1.12 bits per heavy atom. The van der Waals surface area contributed by atoms with Gasteiger partial charge < -0.3 is 14.4 Å². The first-order valence-corrected chi connectivity index (χ1v) is 12.6. The number of rotatable bonds is 10. The van der Waals surface area contributed by atoms with Gasteiger partial charge in [0.05, 0.1) is 12.6 Å². The van der Waals surface area contributed by atoms with Crippen molar-refractivity contribution in [2.45, 2.75) is 44.8 Å². The second-order valence-corrected chi connectivity index (χ2v) is 9.65. The van der Waals surface area contributed by atoms with E-state index in [-0.39, 0.29) is 12.0 Å². The Morgan fingerprint density at radius 2 is 1.82 bits per heavy atom. The van der Waals surface area contributed by atoms with E-state index in [4.69, 9.17) is 4.42 Å². The Kier molecular flexibility index (Phi) is 8.91. The second kappa shape index (κ2) is 12.3. The maximum Gasteiger partial charge on any atom is 0.275 e. The van der Waals surface area contributed by atoms with Crippen molar-refractivity contribution in [2.24, 2.45) is 5.92 Å². The van der Waals surface area contributed by atoms with E-state index in [1.165, 1.54) is 11.8 Å². The summed E-state index contributed by atoms with van der Waals surface area (Å²) in [4.78, 5) is 24.0. The minimum atomic E-state index is -0.298. The van der Waals surface area contributed by atoms with Crippen LogP contribution in [0.4, 0.5) is 0 Å². The number of allylic oxidation sites excluding steroid dienone is 1. The lowest BCUT2D eigenvalue weighted by molar-refractivity contribution is 0.0641. The largest absolute Gasteiger partial charge is 0.447 e. The van der Waals surface area contributed by atoms with Crippen LogP contribution in [-0.4, -0.2) is 82.6 Å². The van der Waals surface area contributed by atoms with Crippen LogP contribution >= 0.6 is 0 Å². The molecule has 1 N–H and O–H groups in total. The lowest BCUT2D eigenvalue weighted by atomic mass is 9.90. The molecule has 7 heteroatoms. The Morgan fingerprint density at radius 3 is 2.53 bits per heavy atom. The van der Waals surface area contributed by atoms with Crippen molar-refractivity contribution in [1.29, 1.82) is 0 Å². The van der Waals surface area contributed by atoms with E-state index < -0.39 is 0 Å². The Bertz CT molecular complexity index is 900. The Labute approximate surface area is 203 Å². The molecule has 2 aliphatic rings. The Hall–Kier alpha value is -2.48. The highest BCUT2D eigenvalue weighted by molar-refractivity contribution is 5.92. The molecule has 0 radical (unpaired) electrons. The smallest absolute Gasteiger partial charge is 0.275 e. The molecular weight excluding hydrogens is 428 g/mol. The number of aliphatic hydroxyl groups excluding tert-OH is 1.